The second kappa shape index (κ2) is 8.80. The molecule has 174 valence electrons. The molecule has 10 heteroatoms. The summed E-state index contributed by atoms with van der Waals surface area (Å²) in [5, 5.41) is 12.2. The smallest absolute Gasteiger partial charge is 0.262 e. The van der Waals surface area contributed by atoms with Crippen molar-refractivity contribution in [2.75, 3.05) is 18.0 Å². The van der Waals surface area contributed by atoms with Gasteiger partial charge in [-0.1, -0.05) is 5.21 Å². The minimum absolute atomic E-state index is 0.0422. The van der Waals surface area contributed by atoms with E-state index >= 15 is 4.39 Å². The molecule has 5 aromatic rings. The minimum Gasteiger partial charge on any atom is -0.315 e. The number of nitrogens with one attached hydrogen (secondary N) is 1. The fourth-order valence-corrected chi connectivity index (χ4v) is 4.55. The summed E-state index contributed by atoms with van der Waals surface area (Å²) in [6.07, 6.45) is 6.64. The molecule has 35 heavy (non-hydrogen) atoms. The van der Waals surface area contributed by atoms with Crippen LogP contribution in [-0.2, 0) is 0 Å². The molecule has 1 aliphatic heterocycles. The van der Waals surface area contributed by atoms with Crippen LogP contribution in [-0.4, -0.2) is 55.0 Å². The van der Waals surface area contributed by atoms with Gasteiger partial charge in [0.25, 0.3) is 5.91 Å². The van der Waals surface area contributed by atoms with Gasteiger partial charge in [0.15, 0.2) is 5.65 Å². The molecule has 1 aromatic carbocycles. The zero-order chi connectivity index (χ0) is 23.8. The Hall–Kier alpha value is -4.31. The van der Waals surface area contributed by atoms with Crippen molar-refractivity contribution in [2.24, 2.45) is 0 Å². The average molecular weight is 468 g/mol. The molecule has 4 aromatic heterocycles. The van der Waals surface area contributed by atoms with Crippen LogP contribution in [0.1, 0.15) is 23.2 Å². The molecule has 1 fully saturated rings. The summed E-state index contributed by atoms with van der Waals surface area (Å²) in [5.74, 6) is -0.628. The Kier molecular flexibility index (Phi) is 5.34. The van der Waals surface area contributed by atoms with Crippen LogP contribution >= 0.6 is 0 Å². The van der Waals surface area contributed by atoms with Crippen molar-refractivity contribution in [2.45, 2.75) is 18.9 Å². The van der Waals surface area contributed by atoms with Crippen LogP contribution in [0.5, 0.6) is 0 Å². The van der Waals surface area contributed by atoms with Gasteiger partial charge in [0.05, 0.1) is 22.8 Å². The summed E-state index contributed by atoms with van der Waals surface area (Å²) in [6, 6.07) is 13.3. The summed E-state index contributed by atoms with van der Waals surface area (Å²) in [5.41, 5.74) is 2.21. The maximum Gasteiger partial charge on any atom is 0.262 e. The Balaban J connectivity index is 1.43. The molecule has 1 saturated heterocycles. The van der Waals surface area contributed by atoms with Gasteiger partial charge in [-0.2, -0.15) is 4.68 Å². The first-order chi connectivity index (χ1) is 17.2. The third-order valence-corrected chi connectivity index (χ3v) is 6.23. The van der Waals surface area contributed by atoms with E-state index in [1.807, 2.05) is 6.07 Å². The van der Waals surface area contributed by atoms with E-state index < -0.39 is 11.7 Å². The molecule has 0 aliphatic carbocycles. The van der Waals surface area contributed by atoms with E-state index in [0.717, 1.165) is 30.3 Å². The molecule has 0 unspecified atom stereocenters. The number of carbonyl (C=O) groups excluding carboxylic acids is 1. The number of hydrogen-bond donors (Lipinski definition) is 1. The highest BCUT2D eigenvalue weighted by Gasteiger charge is 2.31. The molecule has 6 rings (SSSR count). The number of benzene rings is 1. The van der Waals surface area contributed by atoms with Gasteiger partial charge in [-0.25, -0.2) is 14.4 Å². The van der Waals surface area contributed by atoms with Crippen molar-refractivity contribution in [3.8, 4) is 5.69 Å². The Morgan fingerprint density at radius 1 is 1.03 bits per heavy atom. The summed E-state index contributed by atoms with van der Waals surface area (Å²) < 4.78 is 16.9. The first kappa shape index (κ1) is 21.2. The lowest BCUT2D eigenvalue weighted by atomic mass is 10.0. The highest BCUT2D eigenvalue weighted by atomic mass is 19.1. The number of pyridine rings is 3. The predicted molar refractivity (Wildman–Crippen MR) is 129 cm³/mol. The Morgan fingerprint density at radius 3 is 2.77 bits per heavy atom. The topological polar surface area (TPSA) is 102 Å². The first-order valence-corrected chi connectivity index (χ1v) is 11.4. The third kappa shape index (κ3) is 3.77. The number of nitrogens with zero attached hydrogens (tertiary/aromatic N) is 7. The van der Waals surface area contributed by atoms with Gasteiger partial charge in [0.1, 0.15) is 17.2 Å². The van der Waals surface area contributed by atoms with Crippen molar-refractivity contribution < 1.29 is 9.18 Å². The summed E-state index contributed by atoms with van der Waals surface area (Å²) in [7, 11) is 0. The third-order valence-electron chi connectivity index (χ3n) is 6.23. The van der Waals surface area contributed by atoms with Crippen LogP contribution in [0.2, 0.25) is 0 Å². The summed E-state index contributed by atoms with van der Waals surface area (Å²) >= 11 is 0. The highest BCUT2D eigenvalue weighted by Crippen LogP contribution is 2.29. The van der Waals surface area contributed by atoms with Crippen LogP contribution < -0.4 is 10.2 Å². The van der Waals surface area contributed by atoms with Crippen molar-refractivity contribution in [1.29, 1.82) is 0 Å². The highest BCUT2D eigenvalue weighted by molar-refractivity contribution is 6.10. The lowest BCUT2D eigenvalue weighted by Crippen LogP contribution is -2.49. The van der Waals surface area contributed by atoms with Gasteiger partial charge >= 0.3 is 0 Å². The lowest BCUT2D eigenvalue weighted by molar-refractivity contribution is 0.0968. The van der Waals surface area contributed by atoms with Crippen molar-refractivity contribution in [3.05, 3.63) is 78.5 Å². The largest absolute Gasteiger partial charge is 0.315 e. The average Bonchev–Trinajstić information content (AvgIpc) is 3.34. The molecular weight excluding hydrogens is 447 g/mol. The van der Waals surface area contributed by atoms with Crippen LogP contribution in [0.25, 0.3) is 27.8 Å². The molecule has 0 radical (unpaired) electrons. The molecule has 1 amide bonds. The number of halogens is 1. The van der Waals surface area contributed by atoms with Gasteiger partial charge < -0.3 is 5.32 Å². The van der Waals surface area contributed by atoms with Gasteiger partial charge in [0, 0.05) is 36.6 Å². The molecular formula is C25H21FN8O. The van der Waals surface area contributed by atoms with Crippen LogP contribution in [0.15, 0.2) is 67.1 Å². The van der Waals surface area contributed by atoms with E-state index in [1.54, 1.807) is 53.8 Å². The lowest BCUT2D eigenvalue weighted by Gasteiger charge is -2.34. The number of carbonyl (C=O) groups is 1. The predicted octanol–water partition coefficient (Wildman–Crippen LogP) is 3.30. The van der Waals surface area contributed by atoms with Gasteiger partial charge in [-0.3, -0.25) is 14.7 Å². The molecule has 1 atom stereocenters. The fraction of sp³-hybridized carbons (Fsp3) is 0.200. The fourth-order valence-electron chi connectivity index (χ4n) is 4.55. The maximum absolute atomic E-state index is 15.5. The standard InChI is InChI=1S/C25H21FN8O/c26-20-14-16(34-24-22(31-32-34)6-3-12-29-24)7-8-18(20)25(35)33(17-4-1-10-27-15-17)23-19-5-2-11-28-21(19)9-13-30-23/h2-3,5-9,11-14,17,27H,1,4,10,15H2/t17-/m1/s1. The van der Waals surface area contributed by atoms with Crippen molar-refractivity contribution in [3.63, 3.8) is 0 Å². The number of piperidine rings is 1. The van der Waals surface area contributed by atoms with E-state index in [2.05, 4.69) is 30.6 Å². The van der Waals surface area contributed by atoms with E-state index in [-0.39, 0.29) is 11.6 Å². The van der Waals surface area contributed by atoms with Crippen LogP contribution in [0.4, 0.5) is 10.2 Å². The minimum atomic E-state index is -0.654. The van der Waals surface area contributed by atoms with Crippen molar-refractivity contribution >= 4 is 33.8 Å². The zero-order valence-electron chi connectivity index (χ0n) is 18.7. The Morgan fingerprint density at radius 2 is 1.91 bits per heavy atom. The van der Waals surface area contributed by atoms with E-state index in [9.17, 15) is 4.79 Å². The number of anilines is 1. The second-order valence-electron chi connectivity index (χ2n) is 8.39. The monoisotopic (exact) mass is 468 g/mol. The van der Waals surface area contributed by atoms with Crippen molar-refractivity contribution in [1.82, 2.24) is 35.3 Å². The normalized spacial score (nSPS) is 16.0. The molecule has 1 N–H and O–H groups in total. The SMILES string of the molecule is O=C(c1ccc(-n2nnc3cccnc32)cc1F)N(c1nccc2ncccc12)[C@@H]1CCCNC1. The molecule has 9 nitrogen and oxygen atoms in total. The molecule has 0 bridgehead atoms. The van der Waals surface area contributed by atoms with Gasteiger partial charge in [0.2, 0.25) is 0 Å². The Bertz CT molecular complexity index is 1540. The zero-order valence-corrected chi connectivity index (χ0v) is 18.7. The molecule has 5 heterocycles. The van der Waals surface area contributed by atoms with Gasteiger partial charge in [-0.15, -0.1) is 5.10 Å². The van der Waals surface area contributed by atoms with Crippen LogP contribution in [0, 0.1) is 5.82 Å². The number of aromatic nitrogens is 6. The van der Waals surface area contributed by atoms with Gasteiger partial charge in [-0.05, 0) is 61.9 Å². The molecule has 0 spiro atoms. The van der Waals surface area contributed by atoms with E-state index in [0.29, 0.717) is 29.2 Å². The van der Waals surface area contributed by atoms with E-state index in [4.69, 9.17) is 0 Å². The Labute approximate surface area is 199 Å². The molecule has 0 saturated carbocycles. The number of rotatable bonds is 4. The quantitative estimate of drug-likeness (QED) is 0.432. The number of amides is 1. The first-order valence-electron chi connectivity index (χ1n) is 11.4. The van der Waals surface area contributed by atoms with E-state index in [1.165, 1.54) is 16.8 Å². The summed E-state index contributed by atoms with van der Waals surface area (Å²) in [6.45, 7) is 1.48. The molecule has 1 aliphatic rings. The second-order valence-corrected chi connectivity index (χ2v) is 8.39. The maximum atomic E-state index is 15.5. The van der Waals surface area contributed by atoms with Crippen LogP contribution in [0.3, 0.4) is 0 Å². The number of fused-ring (bicyclic) bond motifs is 2. The number of hydrogen-bond acceptors (Lipinski definition) is 7. The summed E-state index contributed by atoms with van der Waals surface area (Å²) in [4.78, 5) is 28.7.